The highest BCUT2D eigenvalue weighted by molar-refractivity contribution is 7.98. The number of aliphatic carboxylic acids is 1. The first-order valence-corrected chi connectivity index (χ1v) is 7.44. The third-order valence-electron chi connectivity index (χ3n) is 2.72. The van der Waals surface area contributed by atoms with Crippen LogP contribution in [-0.4, -0.2) is 29.3 Å². The lowest BCUT2D eigenvalue weighted by Crippen LogP contribution is -2.41. The standard InChI is InChI=1S/C14H18FNO3S/c1-8(2)6-11(14(18)19)16-13(17)9-4-5-10(15)12(7-9)20-3/h4-5,7-8,11H,6H2,1-3H3,(H,16,17)(H,18,19)/t11-/m1/s1. The third-order valence-corrected chi connectivity index (χ3v) is 3.48. The molecular formula is C14H18FNO3S. The van der Waals surface area contributed by atoms with Crippen LogP contribution in [0.15, 0.2) is 23.1 Å². The van der Waals surface area contributed by atoms with Crippen LogP contribution >= 0.6 is 11.8 Å². The molecule has 0 aliphatic rings. The lowest BCUT2D eigenvalue weighted by molar-refractivity contribution is -0.139. The fraction of sp³-hybridized carbons (Fsp3) is 0.429. The van der Waals surface area contributed by atoms with Crippen LogP contribution in [0.4, 0.5) is 4.39 Å². The van der Waals surface area contributed by atoms with Gasteiger partial charge in [-0.15, -0.1) is 11.8 Å². The molecule has 1 aromatic carbocycles. The minimum Gasteiger partial charge on any atom is -0.480 e. The molecule has 110 valence electrons. The van der Waals surface area contributed by atoms with Gasteiger partial charge in [0.1, 0.15) is 11.9 Å². The third kappa shape index (κ3) is 4.52. The van der Waals surface area contributed by atoms with Gasteiger partial charge in [-0.05, 0) is 36.8 Å². The zero-order valence-electron chi connectivity index (χ0n) is 11.6. The highest BCUT2D eigenvalue weighted by atomic mass is 32.2. The monoisotopic (exact) mass is 299 g/mol. The number of halogens is 1. The Labute approximate surface area is 121 Å². The Morgan fingerprint density at radius 2 is 2.05 bits per heavy atom. The second-order valence-corrected chi connectivity index (χ2v) is 5.69. The Hall–Kier alpha value is -1.56. The number of hydrogen-bond acceptors (Lipinski definition) is 3. The summed E-state index contributed by atoms with van der Waals surface area (Å²) in [6.07, 6.45) is 2.05. The van der Waals surface area contributed by atoms with Crippen molar-refractivity contribution in [2.24, 2.45) is 5.92 Å². The summed E-state index contributed by atoms with van der Waals surface area (Å²) in [6.45, 7) is 3.76. The summed E-state index contributed by atoms with van der Waals surface area (Å²) in [5.41, 5.74) is 0.255. The van der Waals surface area contributed by atoms with E-state index < -0.39 is 23.7 Å². The molecule has 0 saturated carbocycles. The molecule has 4 nitrogen and oxygen atoms in total. The normalized spacial score (nSPS) is 12.2. The number of carbonyl (C=O) groups excluding carboxylic acids is 1. The number of amides is 1. The van der Waals surface area contributed by atoms with Gasteiger partial charge in [-0.2, -0.15) is 0 Å². The van der Waals surface area contributed by atoms with Crippen LogP contribution in [0.2, 0.25) is 0 Å². The van der Waals surface area contributed by atoms with E-state index in [1.54, 1.807) is 6.26 Å². The van der Waals surface area contributed by atoms with Crippen molar-refractivity contribution in [1.82, 2.24) is 5.32 Å². The van der Waals surface area contributed by atoms with Gasteiger partial charge in [-0.3, -0.25) is 4.79 Å². The molecule has 0 spiro atoms. The zero-order chi connectivity index (χ0) is 15.3. The summed E-state index contributed by atoms with van der Waals surface area (Å²) in [5, 5.41) is 11.5. The van der Waals surface area contributed by atoms with E-state index in [1.165, 1.54) is 30.0 Å². The molecule has 1 amide bonds. The molecule has 0 radical (unpaired) electrons. The molecular weight excluding hydrogens is 281 g/mol. The van der Waals surface area contributed by atoms with Gasteiger partial charge in [-0.25, -0.2) is 9.18 Å². The minimum absolute atomic E-state index is 0.145. The summed E-state index contributed by atoms with van der Waals surface area (Å²) in [7, 11) is 0. The molecule has 0 aliphatic heterocycles. The quantitative estimate of drug-likeness (QED) is 0.793. The summed E-state index contributed by atoms with van der Waals surface area (Å²) in [6, 6.07) is 3.03. The van der Waals surface area contributed by atoms with Crippen LogP contribution in [0.5, 0.6) is 0 Å². The van der Waals surface area contributed by atoms with E-state index in [-0.39, 0.29) is 11.5 Å². The van der Waals surface area contributed by atoms with E-state index in [0.29, 0.717) is 11.3 Å². The van der Waals surface area contributed by atoms with Crippen molar-refractivity contribution in [3.8, 4) is 0 Å². The number of rotatable bonds is 6. The molecule has 1 aromatic rings. The number of benzene rings is 1. The number of carboxylic acids is 1. The molecule has 0 saturated heterocycles. The number of hydrogen-bond donors (Lipinski definition) is 2. The molecule has 0 bridgehead atoms. The predicted molar refractivity (Wildman–Crippen MR) is 76.5 cm³/mol. The number of nitrogens with one attached hydrogen (secondary N) is 1. The lowest BCUT2D eigenvalue weighted by Gasteiger charge is -2.16. The highest BCUT2D eigenvalue weighted by Gasteiger charge is 2.22. The molecule has 0 aliphatic carbocycles. The molecule has 1 rings (SSSR count). The lowest BCUT2D eigenvalue weighted by atomic mass is 10.0. The molecule has 1 atom stereocenters. The van der Waals surface area contributed by atoms with Crippen LogP contribution in [-0.2, 0) is 4.79 Å². The van der Waals surface area contributed by atoms with Crippen molar-refractivity contribution >= 4 is 23.6 Å². The van der Waals surface area contributed by atoms with Gasteiger partial charge in [0.05, 0.1) is 0 Å². The largest absolute Gasteiger partial charge is 0.480 e. The number of thioether (sulfide) groups is 1. The number of carbonyl (C=O) groups is 2. The molecule has 0 unspecified atom stereocenters. The molecule has 0 fully saturated rings. The van der Waals surface area contributed by atoms with Crippen LogP contribution in [0, 0.1) is 11.7 Å². The molecule has 0 aromatic heterocycles. The second kappa shape index (κ2) is 7.28. The van der Waals surface area contributed by atoms with Crippen molar-refractivity contribution in [3.63, 3.8) is 0 Å². The van der Waals surface area contributed by atoms with Crippen molar-refractivity contribution in [3.05, 3.63) is 29.6 Å². The van der Waals surface area contributed by atoms with E-state index in [0.717, 1.165) is 0 Å². The average Bonchev–Trinajstić information content (AvgIpc) is 2.37. The van der Waals surface area contributed by atoms with Crippen molar-refractivity contribution in [2.45, 2.75) is 31.2 Å². The molecule has 20 heavy (non-hydrogen) atoms. The average molecular weight is 299 g/mol. The van der Waals surface area contributed by atoms with Crippen LogP contribution in [0.3, 0.4) is 0 Å². The summed E-state index contributed by atoms with van der Waals surface area (Å²) < 4.78 is 13.3. The van der Waals surface area contributed by atoms with Crippen molar-refractivity contribution < 1.29 is 19.1 Å². The Morgan fingerprint density at radius 3 is 2.55 bits per heavy atom. The summed E-state index contributed by atoms with van der Waals surface area (Å²) in [4.78, 5) is 23.5. The molecule has 6 heteroatoms. The van der Waals surface area contributed by atoms with Gasteiger partial charge in [0.15, 0.2) is 0 Å². The smallest absolute Gasteiger partial charge is 0.326 e. The molecule has 2 N–H and O–H groups in total. The van der Waals surface area contributed by atoms with E-state index in [9.17, 15) is 14.0 Å². The Balaban J connectivity index is 2.86. The van der Waals surface area contributed by atoms with Gasteiger partial charge >= 0.3 is 5.97 Å². The fourth-order valence-corrected chi connectivity index (χ4v) is 2.24. The van der Waals surface area contributed by atoms with Crippen LogP contribution in [0.25, 0.3) is 0 Å². The molecule has 0 heterocycles. The summed E-state index contributed by atoms with van der Waals surface area (Å²) in [5.74, 6) is -1.83. The van der Waals surface area contributed by atoms with Gasteiger partial charge in [0.25, 0.3) is 5.91 Å². The minimum atomic E-state index is -1.07. The van der Waals surface area contributed by atoms with Crippen molar-refractivity contribution in [2.75, 3.05) is 6.26 Å². The topological polar surface area (TPSA) is 66.4 Å². The maximum atomic E-state index is 13.3. The second-order valence-electron chi connectivity index (χ2n) is 4.84. The van der Waals surface area contributed by atoms with E-state index in [4.69, 9.17) is 5.11 Å². The van der Waals surface area contributed by atoms with Crippen LogP contribution < -0.4 is 5.32 Å². The summed E-state index contributed by atoms with van der Waals surface area (Å²) >= 11 is 1.19. The van der Waals surface area contributed by atoms with E-state index in [1.807, 2.05) is 13.8 Å². The first-order valence-electron chi connectivity index (χ1n) is 6.22. The van der Waals surface area contributed by atoms with Gasteiger partial charge in [0, 0.05) is 10.5 Å². The Bertz CT molecular complexity index is 505. The van der Waals surface area contributed by atoms with E-state index >= 15 is 0 Å². The highest BCUT2D eigenvalue weighted by Crippen LogP contribution is 2.20. The SMILES string of the molecule is CSc1cc(C(=O)N[C@H](CC(C)C)C(=O)O)ccc1F. The zero-order valence-corrected chi connectivity index (χ0v) is 12.5. The number of carboxylic acid groups (broad SMARTS) is 1. The van der Waals surface area contributed by atoms with E-state index in [2.05, 4.69) is 5.32 Å². The van der Waals surface area contributed by atoms with Crippen molar-refractivity contribution in [1.29, 1.82) is 0 Å². The van der Waals surface area contributed by atoms with Gasteiger partial charge in [0.2, 0.25) is 0 Å². The fourth-order valence-electron chi connectivity index (χ4n) is 1.74. The first-order chi connectivity index (χ1) is 9.35. The maximum Gasteiger partial charge on any atom is 0.326 e. The Morgan fingerprint density at radius 1 is 1.40 bits per heavy atom. The van der Waals surface area contributed by atoms with Gasteiger partial charge < -0.3 is 10.4 Å². The predicted octanol–water partition coefficient (Wildman–Crippen LogP) is 2.78. The maximum absolute atomic E-state index is 13.3. The first kappa shape index (κ1) is 16.5. The van der Waals surface area contributed by atoms with Crippen LogP contribution in [0.1, 0.15) is 30.6 Å². The Kier molecular flexibility index (Phi) is 6.01. The van der Waals surface area contributed by atoms with Gasteiger partial charge in [-0.1, -0.05) is 13.8 Å².